The molecular weight excluding hydrogens is 406 g/mol. The molecule has 10 nitrogen and oxygen atoms in total. The number of benzene rings is 1. The van der Waals surface area contributed by atoms with Crippen LogP contribution in [0.4, 0.5) is 4.79 Å². The van der Waals surface area contributed by atoms with Gasteiger partial charge in [0.15, 0.2) is 0 Å². The Morgan fingerprint density at radius 1 is 1.03 bits per heavy atom. The van der Waals surface area contributed by atoms with Gasteiger partial charge in [-0.3, -0.25) is 4.79 Å². The number of hydrogen-bond acceptors (Lipinski definition) is 8. The Balaban J connectivity index is 1.99. The highest BCUT2D eigenvalue weighted by Gasteiger charge is 2.28. The molecule has 2 atom stereocenters. The number of carbonyl (C=O) groups is 3. The molecule has 166 valence electrons. The van der Waals surface area contributed by atoms with Crippen LogP contribution in [0, 0.1) is 0 Å². The van der Waals surface area contributed by atoms with Crippen molar-refractivity contribution in [1.29, 1.82) is 0 Å². The Morgan fingerprint density at radius 2 is 1.77 bits per heavy atom. The van der Waals surface area contributed by atoms with Crippen molar-refractivity contribution in [3.05, 3.63) is 59.8 Å². The molecule has 1 aromatic carbocycles. The molecule has 0 saturated carbocycles. The van der Waals surface area contributed by atoms with Gasteiger partial charge in [-0.25, -0.2) is 14.6 Å². The minimum absolute atomic E-state index is 0.00196. The highest BCUT2D eigenvalue weighted by atomic mass is 16.5. The molecule has 2 aromatic rings. The summed E-state index contributed by atoms with van der Waals surface area (Å²) in [5, 5.41) is 14.3. The molecule has 2 amide bonds. The molecule has 0 fully saturated rings. The molecule has 0 saturated heterocycles. The van der Waals surface area contributed by atoms with Crippen LogP contribution < -0.4 is 15.4 Å². The molecule has 3 N–H and O–H groups in total. The van der Waals surface area contributed by atoms with E-state index in [2.05, 4.69) is 15.6 Å². The molecule has 2 rings (SSSR count). The van der Waals surface area contributed by atoms with Crippen molar-refractivity contribution in [2.45, 2.75) is 25.1 Å². The predicted octanol–water partition coefficient (Wildman–Crippen LogP) is 0.578. The zero-order valence-electron chi connectivity index (χ0n) is 17.2. The van der Waals surface area contributed by atoms with Crippen LogP contribution in [0.5, 0.6) is 5.88 Å². The molecule has 0 aliphatic heterocycles. The van der Waals surface area contributed by atoms with Gasteiger partial charge in [0.1, 0.15) is 18.7 Å². The number of alkyl carbamates (subject to hydrolysis) is 1. The summed E-state index contributed by atoms with van der Waals surface area (Å²) in [5.74, 6) is -1.19. The lowest BCUT2D eigenvalue weighted by Crippen LogP contribution is -2.54. The number of methoxy groups -OCH3 is 2. The third-order valence-electron chi connectivity index (χ3n) is 4.27. The van der Waals surface area contributed by atoms with E-state index in [-0.39, 0.29) is 13.0 Å². The van der Waals surface area contributed by atoms with Gasteiger partial charge in [0.2, 0.25) is 11.8 Å². The summed E-state index contributed by atoms with van der Waals surface area (Å²) >= 11 is 0. The second kappa shape index (κ2) is 12.1. The van der Waals surface area contributed by atoms with Crippen LogP contribution >= 0.6 is 0 Å². The van der Waals surface area contributed by atoms with Crippen molar-refractivity contribution in [2.75, 3.05) is 20.8 Å². The zero-order valence-corrected chi connectivity index (χ0v) is 17.2. The fourth-order valence-corrected chi connectivity index (χ4v) is 2.69. The lowest BCUT2D eigenvalue weighted by atomic mass is 10.1. The second-order valence-corrected chi connectivity index (χ2v) is 6.40. The zero-order chi connectivity index (χ0) is 22.6. The fourth-order valence-electron chi connectivity index (χ4n) is 2.69. The summed E-state index contributed by atoms with van der Waals surface area (Å²) in [6.07, 6.45) is 0.675. The molecule has 31 heavy (non-hydrogen) atoms. The topological polar surface area (TPSA) is 136 Å². The number of aliphatic hydroxyl groups is 1. The molecule has 0 radical (unpaired) electrons. The molecule has 0 unspecified atom stereocenters. The van der Waals surface area contributed by atoms with Crippen molar-refractivity contribution in [1.82, 2.24) is 15.6 Å². The van der Waals surface area contributed by atoms with Gasteiger partial charge in [-0.1, -0.05) is 36.4 Å². The average molecular weight is 431 g/mol. The molecule has 1 heterocycles. The molecule has 1 aromatic heterocycles. The monoisotopic (exact) mass is 431 g/mol. The average Bonchev–Trinajstić information content (AvgIpc) is 2.81. The quantitative estimate of drug-likeness (QED) is 0.465. The van der Waals surface area contributed by atoms with E-state index in [1.165, 1.54) is 20.4 Å². The van der Waals surface area contributed by atoms with Gasteiger partial charge in [0.05, 0.1) is 20.8 Å². The number of pyridine rings is 1. The maximum absolute atomic E-state index is 12.6. The third-order valence-corrected chi connectivity index (χ3v) is 4.27. The first-order chi connectivity index (χ1) is 15.0. The fraction of sp³-hybridized carbons (Fsp3) is 0.333. The van der Waals surface area contributed by atoms with Crippen LogP contribution in [0.15, 0.2) is 48.7 Å². The van der Waals surface area contributed by atoms with Gasteiger partial charge < -0.3 is 30.0 Å². The number of aliphatic hydroxyl groups excluding tert-OH is 1. The van der Waals surface area contributed by atoms with E-state index in [0.29, 0.717) is 11.4 Å². The van der Waals surface area contributed by atoms with Gasteiger partial charge in [-0.05, 0) is 11.6 Å². The molecular formula is C21H25N3O7. The van der Waals surface area contributed by atoms with Crippen LogP contribution in [0.25, 0.3) is 0 Å². The van der Waals surface area contributed by atoms with E-state index in [1.54, 1.807) is 36.4 Å². The number of rotatable bonds is 10. The largest absolute Gasteiger partial charge is 0.481 e. The maximum atomic E-state index is 12.6. The van der Waals surface area contributed by atoms with Crippen molar-refractivity contribution in [3.8, 4) is 5.88 Å². The number of esters is 1. The second-order valence-electron chi connectivity index (χ2n) is 6.40. The smallest absolute Gasteiger partial charge is 0.408 e. The van der Waals surface area contributed by atoms with E-state index in [0.717, 1.165) is 5.56 Å². The summed E-state index contributed by atoms with van der Waals surface area (Å²) in [5.41, 5.74) is 1.33. The lowest BCUT2D eigenvalue weighted by molar-refractivity contribution is -0.145. The highest BCUT2D eigenvalue weighted by molar-refractivity contribution is 5.89. The van der Waals surface area contributed by atoms with E-state index >= 15 is 0 Å². The van der Waals surface area contributed by atoms with E-state index in [4.69, 9.17) is 14.2 Å². The Morgan fingerprint density at radius 3 is 2.42 bits per heavy atom. The number of carbonyl (C=O) groups excluding carboxylic acids is 3. The summed E-state index contributed by atoms with van der Waals surface area (Å²) in [6.45, 7) is -0.700. The summed E-state index contributed by atoms with van der Waals surface area (Å²) in [4.78, 5) is 40.8. The van der Waals surface area contributed by atoms with Gasteiger partial charge in [-0.15, -0.1) is 0 Å². The van der Waals surface area contributed by atoms with Crippen molar-refractivity contribution in [3.63, 3.8) is 0 Å². The molecule has 0 aliphatic rings. The highest BCUT2D eigenvalue weighted by Crippen LogP contribution is 2.16. The van der Waals surface area contributed by atoms with Gasteiger partial charge in [-0.2, -0.15) is 0 Å². The standard InChI is InChI=1S/C21H25N3O7/c1-29-19-15(9-6-10-22-19)11-16(20(27)30-2)23-18(26)17(12-25)24-21(28)31-13-14-7-4-3-5-8-14/h3-10,16-17,25H,11-13H2,1-2H3,(H,23,26)(H,24,28)/t16-,17-/m0/s1. The summed E-state index contributed by atoms with van der Waals surface area (Å²) in [7, 11) is 2.62. The first-order valence-electron chi connectivity index (χ1n) is 9.42. The normalized spacial score (nSPS) is 12.2. The van der Waals surface area contributed by atoms with Crippen molar-refractivity contribution in [2.24, 2.45) is 0 Å². The minimum Gasteiger partial charge on any atom is -0.481 e. The molecule has 0 aliphatic carbocycles. The first-order valence-corrected chi connectivity index (χ1v) is 9.42. The lowest BCUT2D eigenvalue weighted by Gasteiger charge is -2.21. The number of aromatic nitrogens is 1. The maximum Gasteiger partial charge on any atom is 0.408 e. The first kappa shape index (κ1) is 23.6. The molecule has 0 spiro atoms. The summed E-state index contributed by atoms with van der Waals surface area (Å²) in [6, 6.07) is 9.90. The number of hydrogen-bond donors (Lipinski definition) is 3. The predicted molar refractivity (Wildman–Crippen MR) is 109 cm³/mol. The minimum atomic E-state index is -1.33. The Kier molecular flexibility index (Phi) is 9.24. The van der Waals surface area contributed by atoms with E-state index in [9.17, 15) is 19.5 Å². The number of amides is 2. The van der Waals surface area contributed by atoms with Gasteiger partial charge >= 0.3 is 12.1 Å². The Bertz CT molecular complexity index is 876. The number of ether oxygens (including phenoxy) is 3. The van der Waals surface area contributed by atoms with Crippen LogP contribution in [0.3, 0.4) is 0 Å². The van der Waals surface area contributed by atoms with Crippen LogP contribution in [0.2, 0.25) is 0 Å². The van der Waals surface area contributed by atoms with Crippen molar-refractivity contribution >= 4 is 18.0 Å². The Hall–Kier alpha value is -3.66. The number of nitrogens with one attached hydrogen (secondary N) is 2. The van der Waals surface area contributed by atoms with Crippen molar-refractivity contribution < 1.29 is 33.7 Å². The van der Waals surface area contributed by atoms with E-state index < -0.39 is 36.7 Å². The van der Waals surface area contributed by atoms with Crippen LogP contribution in [-0.2, 0) is 32.1 Å². The van der Waals surface area contributed by atoms with Gasteiger partial charge in [0.25, 0.3) is 0 Å². The number of nitrogens with zero attached hydrogens (tertiary/aromatic N) is 1. The SMILES string of the molecule is COC(=O)[C@H](Cc1cccnc1OC)NC(=O)[C@H](CO)NC(=O)OCc1ccccc1. The van der Waals surface area contributed by atoms with E-state index in [1.807, 2.05) is 6.07 Å². The van der Waals surface area contributed by atoms with Crippen LogP contribution in [-0.4, -0.2) is 61.0 Å². The summed E-state index contributed by atoms with van der Waals surface area (Å²) < 4.78 is 15.0. The molecule has 10 heteroatoms. The van der Waals surface area contributed by atoms with Crippen LogP contribution in [0.1, 0.15) is 11.1 Å². The third kappa shape index (κ3) is 7.27. The molecule has 0 bridgehead atoms. The van der Waals surface area contributed by atoms with Gasteiger partial charge in [0, 0.05) is 18.2 Å². The Labute approximate surface area is 179 Å².